The molecule has 20 heavy (non-hydrogen) atoms. The van der Waals surface area contributed by atoms with Gasteiger partial charge in [-0.25, -0.2) is 0 Å². The third-order valence-electron chi connectivity index (χ3n) is 4.32. The minimum Gasteiger partial charge on any atom is -0.0807 e. The predicted molar refractivity (Wildman–Crippen MR) is 86.7 cm³/mol. The highest BCUT2D eigenvalue weighted by Crippen LogP contribution is 2.33. The Kier molecular flexibility index (Phi) is 4.32. The summed E-state index contributed by atoms with van der Waals surface area (Å²) in [6, 6.07) is 21.9. The SMILES string of the molecule is C1=C(/c2ccccc2)CCCC(c2ccccc2)CC/1. The summed E-state index contributed by atoms with van der Waals surface area (Å²) in [7, 11) is 0. The van der Waals surface area contributed by atoms with Crippen LogP contribution in [-0.4, -0.2) is 0 Å². The molecule has 0 saturated heterocycles. The van der Waals surface area contributed by atoms with Gasteiger partial charge in [0, 0.05) is 0 Å². The number of allylic oxidation sites excluding steroid dienone is 2. The Morgan fingerprint density at radius 1 is 0.750 bits per heavy atom. The van der Waals surface area contributed by atoms with Gasteiger partial charge in [0.15, 0.2) is 0 Å². The van der Waals surface area contributed by atoms with Crippen LogP contribution in [0, 0.1) is 0 Å². The zero-order valence-corrected chi connectivity index (χ0v) is 12.0. The molecule has 1 aliphatic rings. The van der Waals surface area contributed by atoms with Crippen LogP contribution in [0.5, 0.6) is 0 Å². The second kappa shape index (κ2) is 6.56. The van der Waals surface area contributed by atoms with Crippen molar-refractivity contribution in [2.45, 2.75) is 38.0 Å². The van der Waals surface area contributed by atoms with Gasteiger partial charge < -0.3 is 0 Å². The van der Waals surface area contributed by atoms with Gasteiger partial charge in [-0.05, 0) is 54.7 Å². The molecule has 0 heterocycles. The highest BCUT2D eigenvalue weighted by atomic mass is 14.2. The van der Waals surface area contributed by atoms with Gasteiger partial charge in [-0.15, -0.1) is 0 Å². The maximum Gasteiger partial charge on any atom is -0.0159 e. The Hall–Kier alpha value is -1.82. The standard InChI is InChI=1S/C20H22/c1-3-9-17(10-4-1)19-13-7-15-20(16-8-14-19)18-11-5-2-6-12-18/h1-6,9-13,20H,7-8,14-16H2/b19-13+. The molecule has 0 aliphatic heterocycles. The molecule has 0 heteroatoms. The first-order chi connectivity index (χ1) is 9.93. The molecule has 0 saturated carbocycles. The maximum atomic E-state index is 2.46. The van der Waals surface area contributed by atoms with Gasteiger partial charge in [0.25, 0.3) is 0 Å². The molecule has 0 amide bonds. The highest BCUT2D eigenvalue weighted by Gasteiger charge is 2.14. The Morgan fingerprint density at radius 2 is 1.45 bits per heavy atom. The van der Waals surface area contributed by atoms with Gasteiger partial charge >= 0.3 is 0 Å². The quantitative estimate of drug-likeness (QED) is 0.640. The molecular weight excluding hydrogens is 240 g/mol. The molecule has 0 spiro atoms. The van der Waals surface area contributed by atoms with E-state index in [1.165, 1.54) is 48.8 Å². The van der Waals surface area contributed by atoms with E-state index in [1.807, 2.05) is 0 Å². The molecule has 2 aromatic rings. The molecule has 0 bridgehead atoms. The predicted octanol–water partition coefficient (Wildman–Crippen LogP) is 5.82. The van der Waals surface area contributed by atoms with E-state index in [9.17, 15) is 0 Å². The van der Waals surface area contributed by atoms with Crippen LogP contribution in [0.25, 0.3) is 5.57 Å². The zero-order valence-electron chi connectivity index (χ0n) is 12.0. The number of hydrogen-bond donors (Lipinski definition) is 0. The summed E-state index contributed by atoms with van der Waals surface area (Å²) >= 11 is 0. The van der Waals surface area contributed by atoms with Crippen LogP contribution in [-0.2, 0) is 0 Å². The van der Waals surface area contributed by atoms with E-state index in [0.29, 0.717) is 0 Å². The summed E-state index contributed by atoms with van der Waals surface area (Å²) in [4.78, 5) is 0. The summed E-state index contributed by atoms with van der Waals surface area (Å²) < 4.78 is 0. The molecule has 0 aromatic heterocycles. The lowest BCUT2D eigenvalue weighted by Gasteiger charge is -2.20. The second-order valence-electron chi connectivity index (χ2n) is 5.67. The van der Waals surface area contributed by atoms with Crippen molar-refractivity contribution in [3.05, 3.63) is 77.9 Å². The van der Waals surface area contributed by atoms with Crippen LogP contribution in [0.2, 0.25) is 0 Å². The molecule has 1 atom stereocenters. The first kappa shape index (κ1) is 13.2. The van der Waals surface area contributed by atoms with E-state index >= 15 is 0 Å². The van der Waals surface area contributed by atoms with E-state index in [0.717, 1.165) is 5.92 Å². The number of rotatable bonds is 2. The monoisotopic (exact) mass is 262 g/mol. The lowest BCUT2D eigenvalue weighted by Crippen LogP contribution is -2.02. The largest absolute Gasteiger partial charge is 0.0807 e. The average molecular weight is 262 g/mol. The molecule has 2 aromatic carbocycles. The minimum absolute atomic E-state index is 0.741. The molecule has 0 radical (unpaired) electrons. The molecule has 3 rings (SSSR count). The van der Waals surface area contributed by atoms with Gasteiger partial charge in [-0.2, -0.15) is 0 Å². The fourth-order valence-electron chi connectivity index (χ4n) is 3.22. The molecule has 1 unspecified atom stereocenters. The fraction of sp³-hybridized carbons (Fsp3) is 0.300. The van der Waals surface area contributed by atoms with Crippen LogP contribution >= 0.6 is 0 Å². The van der Waals surface area contributed by atoms with Gasteiger partial charge in [-0.1, -0.05) is 66.7 Å². The van der Waals surface area contributed by atoms with Crippen LogP contribution in [0.4, 0.5) is 0 Å². The second-order valence-corrected chi connectivity index (χ2v) is 5.67. The van der Waals surface area contributed by atoms with Crippen LogP contribution in [0.15, 0.2) is 66.7 Å². The summed E-state index contributed by atoms with van der Waals surface area (Å²) in [6.07, 6.45) is 8.76. The van der Waals surface area contributed by atoms with Crippen LogP contribution in [0.3, 0.4) is 0 Å². The van der Waals surface area contributed by atoms with Crippen molar-refractivity contribution in [1.82, 2.24) is 0 Å². The van der Waals surface area contributed by atoms with Gasteiger partial charge in [0.2, 0.25) is 0 Å². The van der Waals surface area contributed by atoms with E-state index in [1.54, 1.807) is 0 Å². The Balaban J connectivity index is 1.71. The van der Waals surface area contributed by atoms with Crippen molar-refractivity contribution in [1.29, 1.82) is 0 Å². The van der Waals surface area contributed by atoms with Crippen molar-refractivity contribution < 1.29 is 0 Å². The molecule has 0 N–H and O–H groups in total. The third-order valence-corrected chi connectivity index (χ3v) is 4.32. The summed E-state index contributed by atoms with van der Waals surface area (Å²) in [5.41, 5.74) is 4.46. The van der Waals surface area contributed by atoms with Gasteiger partial charge in [0.05, 0.1) is 0 Å². The summed E-state index contributed by atoms with van der Waals surface area (Å²) in [5, 5.41) is 0. The Bertz CT molecular complexity index is 551. The topological polar surface area (TPSA) is 0 Å². The van der Waals surface area contributed by atoms with Crippen LogP contribution < -0.4 is 0 Å². The summed E-state index contributed by atoms with van der Waals surface area (Å²) in [6.45, 7) is 0. The summed E-state index contributed by atoms with van der Waals surface area (Å²) in [5.74, 6) is 0.741. The average Bonchev–Trinajstić information content (AvgIpc) is 2.49. The zero-order chi connectivity index (χ0) is 13.6. The first-order valence-electron chi connectivity index (χ1n) is 7.73. The van der Waals surface area contributed by atoms with Gasteiger partial charge in [0.1, 0.15) is 0 Å². The first-order valence-corrected chi connectivity index (χ1v) is 7.73. The fourth-order valence-corrected chi connectivity index (χ4v) is 3.22. The van der Waals surface area contributed by atoms with E-state index < -0.39 is 0 Å². The van der Waals surface area contributed by atoms with Crippen molar-refractivity contribution in [3.63, 3.8) is 0 Å². The number of hydrogen-bond acceptors (Lipinski definition) is 0. The molecule has 102 valence electrons. The van der Waals surface area contributed by atoms with Crippen molar-refractivity contribution >= 4 is 5.57 Å². The van der Waals surface area contributed by atoms with Crippen LogP contribution in [0.1, 0.15) is 49.1 Å². The minimum atomic E-state index is 0.741. The van der Waals surface area contributed by atoms with E-state index in [2.05, 4.69) is 66.7 Å². The lowest BCUT2D eigenvalue weighted by atomic mass is 9.85. The lowest BCUT2D eigenvalue weighted by molar-refractivity contribution is 0.554. The normalized spacial score (nSPS) is 22.4. The van der Waals surface area contributed by atoms with Crippen molar-refractivity contribution in [2.24, 2.45) is 0 Å². The van der Waals surface area contributed by atoms with E-state index in [4.69, 9.17) is 0 Å². The third kappa shape index (κ3) is 3.19. The Labute approximate surface area is 122 Å². The molecule has 0 fully saturated rings. The molecule has 0 nitrogen and oxygen atoms in total. The highest BCUT2D eigenvalue weighted by molar-refractivity contribution is 5.65. The van der Waals surface area contributed by atoms with E-state index in [-0.39, 0.29) is 0 Å². The number of benzene rings is 2. The maximum absolute atomic E-state index is 2.46. The van der Waals surface area contributed by atoms with Crippen molar-refractivity contribution in [3.8, 4) is 0 Å². The van der Waals surface area contributed by atoms with Crippen molar-refractivity contribution in [2.75, 3.05) is 0 Å². The molecule has 1 aliphatic carbocycles. The van der Waals surface area contributed by atoms with Gasteiger partial charge in [-0.3, -0.25) is 0 Å². The Morgan fingerprint density at radius 3 is 2.20 bits per heavy atom. The molecular formula is C20H22. The smallest absolute Gasteiger partial charge is 0.0159 e.